The molecule has 0 aromatic rings. The van der Waals surface area contributed by atoms with Gasteiger partial charge in [-0.3, -0.25) is 0 Å². The van der Waals surface area contributed by atoms with Crippen molar-refractivity contribution < 1.29 is 4.74 Å². The van der Waals surface area contributed by atoms with E-state index in [9.17, 15) is 0 Å². The molecule has 0 aliphatic heterocycles. The quantitative estimate of drug-likeness (QED) is 0.707. The summed E-state index contributed by atoms with van der Waals surface area (Å²) in [6, 6.07) is 0.446. The summed E-state index contributed by atoms with van der Waals surface area (Å²) < 4.78 is 6.03. The molecule has 2 aliphatic carbocycles. The lowest BCUT2D eigenvalue weighted by Gasteiger charge is -2.37. The molecule has 0 aromatic heterocycles. The molecule has 0 radical (unpaired) electrons. The second-order valence-electron chi connectivity index (χ2n) is 6.87. The van der Waals surface area contributed by atoms with Gasteiger partial charge in [-0.25, -0.2) is 0 Å². The number of ether oxygens (including phenoxy) is 1. The number of likely N-dealkylation sites (N-methyl/N-ethyl adjacent to an activating group) is 1. The van der Waals surface area contributed by atoms with E-state index >= 15 is 0 Å². The van der Waals surface area contributed by atoms with Gasteiger partial charge in [0.2, 0.25) is 0 Å². The summed E-state index contributed by atoms with van der Waals surface area (Å²) in [7, 11) is 1.92. The largest absolute Gasteiger partial charge is 0.379 e. The monoisotopic (exact) mass is 293 g/mol. The first-order chi connectivity index (χ1) is 10.4. The summed E-state index contributed by atoms with van der Waals surface area (Å²) in [6.45, 7) is 3.26. The molecule has 0 heterocycles. The highest BCUT2D eigenvalue weighted by molar-refractivity contribution is 5.15. The predicted octanol–water partition coefficient (Wildman–Crippen LogP) is 4.84. The number of nitrogens with one attached hydrogen (secondary N) is 1. The smallest absolute Gasteiger partial charge is 0.0790 e. The lowest BCUT2D eigenvalue weighted by atomic mass is 9.79. The number of rotatable bonds is 6. The maximum atomic E-state index is 6.03. The lowest BCUT2D eigenvalue weighted by molar-refractivity contribution is 0.0165. The van der Waals surface area contributed by atoms with Crippen LogP contribution in [-0.2, 0) is 4.74 Å². The molecule has 0 aromatic carbocycles. The normalized spacial score (nSPS) is 24.8. The third kappa shape index (κ3) is 5.10. The van der Waals surface area contributed by atoms with Crippen LogP contribution in [0.1, 0.15) is 77.6 Å². The van der Waals surface area contributed by atoms with Crippen LogP contribution < -0.4 is 5.32 Å². The molecule has 2 aliphatic rings. The average molecular weight is 293 g/mol. The summed E-state index contributed by atoms with van der Waals surface area (Å²) in [4.78, 5) is 0. The number of allylic oxidation sites excluding steroid dienone is 1. The fourth-order valence-electron chi connectivity index (χ4n) is 4.24. The van der Waals surface area contributed by atoms with E-state index < -0.39 is 0 Å². The van der Waals surface area contributed by atoms with Gasteiger partial charge in [0, 0.05) is 7.11 Å². The predicted molar refractivity (Wildman–Crippen MR) is 90.6 cm³/mol. The van der Waals surface area contributed by atoms with Crippen LogP contribution in [-0.4, -0.2) is 25.8 Å². The highest BCUT2D eigenvalue weighted by atomic mass is 16.5. The van der Waals surface area contributed by atoms with Gasteiger partial charge in [0.1, 0.15) is 0 Å². The molecule has 2 rings (SSSR count). The minimum Gasteiger partial charge on any atom is -0.379 e. The van der Waals surface area contributed by atoms with Crippen LogP contribution in [0, 0.1) is 5.92 Å². The Kier molecular flexibility index (Phi) is 7.81. The van der Waals surface area contributed by atoms with Crippen molar-refractivity contribution in [2.75, 3.05) is 13.7 Å². The summed E-state index contributed by atoms with van der Waals surface area (Å²) in [5.41, 5.74) is 1.63. The van der Waals surface area contributed by atoms with Gasteiger partial charge < -0.3 is 10.1 Å². The van der Waals surface area contributed by atoms with E-state index in [2.05, 4.69) is 18.3 Å². The Morgan fingerprint density at radius 1 is 1.10 bits per heavy atom. The zero-order chi connectivity index (χ0) is 14.9. The number of hydrogen-bond donors (Lipinski definition) is 1. The second-order valence-corrected chi connectivity index (χ2v) is 6.87. The maximum absolute atomic E-state index is 6.03. The van der Waals surface area contributed by atoms with Gasteiger partial charge in [-0.05, 0) is 51.0 Å². The van der Waals surface area contributed by atoms with E-state index in [0.717, 1.165) is 12.5 Å². The molecule has 1 N–H and O–H groups in total. The van der Waals surface area contributed by atoms with Crippen LogP contribution in [0.3, 0.4) is 0 Å². The molecule has 0 spiro atoms. The maximum Gasteiger partial charge on any atom is 0.0790 e. The van der Waals surface area contributed by atoms with Crippen molar-refractivity contribution >= 4 is 0 Å². The van der Waals surface area contributed by atoms with Gasteiger partial charge in [0.25, 0.3) is 0 Å². The van der Waals surface area contributed by atoms with E-state index in [1.807, 2.05) is 7.11 Å². The molecule has 0 saturated heterocycles. The van der Waals surface area contributed by atoms with E-state index in [1.165, 1.54) is 70.6 Å². The lowest BCUT2D eigenvalue weighted by Crippen LogP contribution is -2.47. The minimum atomic E-state index is 0.371. The Balaban J connectivity index is 2.09. The zero-order valence-electron chi connectivity index (χ0n) is 14.2. The van der Waals surface area contributed by atoms with Crippen molar-refractivity contribution in [1.82, 2.24) is 5.32 Å². The molecule has 2 heteroatoms. The molecule has 0 bridgehead atoms. The molecule has 1 saturated carbocycles. The number of methoxy groups -OCH3 is 1. The Hall–Kier alpha value is -0.340. The van der Waals surface area contributed by atoms with Crippen molar-refractivity contribution in [3.63, 3.8) is 0 Å². The van der Waals surface area contributed by atoms with Crippen LogP contribution in [0.25, 0.3) is 0 Å². The fraction of sp³-hybridized carbons (Fsp3) is 0.895. The van der Waals surface area contributed by atoms with E-state index in [4.69, 9.17) is 4.74 Å². The first kappa shape index (κ1) is 17.0. The van der Waals surface area contributed by atoms with Crippen LogP contribution >= 0.6 is 0 Å². The van der Waals surface area contributed by atoms with Gasteiger partial charge in [-0.1, -0.05) is 50.7 Å². The molecular formula is C19H35NO. The molecule has 2 unspecified atom stereocenters. The molecule has 0 amide bonds. The summed E-state index contributed by atoms with van der Waals surface area (Å²) in [6.07, 6.45) is 17.9. The zero-order valence-corrected chi connectivity index (χ0v) is 14.2. The minimum absolute atomic E-state index is 0.371. The molecule has 122 valence electrons. The molecule has 21 heavy (non-hydrogen) atoms. The fourth-order valence-corrected chi connectivity index (χ4v) is 4.24. The highest BCUT2D eigenvalue weighted by Gasteiger charge is 2.32. The average Bonchev–Trinajstić information content (AvgIpc) is 2.48. The Bertz CT molecular complexity index is 307. The van der Waals surface area contributed by atoms with Crippen molar-refractivity contribution in [2.24, 2.45) is 5.92 Å². The van der Waals surface area contributed by atoms with Crippen molar-refractivity contribution in [1.29, 1.82) is 0 Å². The first-order valence-corrected chi connectivity index (χ1v) is 9.32. The van der Waals surface area contributed by atoms with Gasteiger partial charge in [-0.2, -0.15) is 0 Å². The van der Waals surface area contributed by atoms with Gasteiger partial charge in [0.05, 0.1) is 12.1 Å². The van der Waals surface area contributed by atoms with E-state index in [-0.39, 0.29) is 0 Å². The highest BCUT2D eigenvalue weighted by Crippen LogP contribution is 2.32. The number of hydrogen-bond acceptors (Lipinski definition) is 2. The Morgan fingerprint density at radius 2 is 1.81 bits per heavy atom. The van der Waals surface area contributed by atoms with Gasteiger partial charge in [0.15, 0.2) is 0 Å². The molecule has 2 nitrogen and oxygen atoms in total. The van der Waals surface area contributed by atoms with Gasteiger partial charge in [-0.15, -0.1) is 0 Å². The van der Waals surface area contributed by atoms with Crippen LogP contribution in [0.4, 0.5) is 0 Å². The standard InChI is InChI=1S/C19H35NO/c1-3-20-18(16-12-8-5-4-6-9-13-16)19(21-2)17-14-10-7-11-15-17/h12,17-20H,3-11,13-15H2,1-2H3. The van der Waals surface area contributed by atoms with Crippen LogP contribution in [0.5, 0.6) is 0 Å². The van der Waals surface area contributed by atoms with Crippen molar-refractivity contribution in [2.45, 2.75) is 89.7 Å². The summed E-state index contributed by atoms with van der Waals surface area (Å²) in [5.74, 6) is 0.749. The third-order valence-electron chi connectivity index (χ3n) is 5.36. The Morgan fingerprint density at radius 3 is 2.52 bits per heavy atom. The van der Waals surface area contributed by atoms with Crippen LogP contribution in [0.2, 0.25) is 0 Å². The summed E-state index contributed by atoms with van der Waals surface area (Å²) >= 11 is 0. The van der Waals surface area contributed by atoms with E-state index in [0.29, 0.717) is 12.1 Å². The third-order valence-corrected chi connectivity index (χ3v) is 5.36. The molecule has 1 fully saturated rings. The van der Waals surface area contributed by atoms with Crippen molar-refractivity contribution in [3.05, 3.63) is 11.6 Å². The first-order valence-electron chi connectivity index (χ1n) is 9.32. The van der Waals surface area contributed by atoms with Crippen molar-refractivity contribution in [3.8, 4) is 0 Å². The van der Waals surface area contributed by atoms with E-state index in [1.54, 1.807) is 5.57 Å². The van der Waals surface area contributed by atoms with Gasteiger partial charge >= 0.3 is 0 Å². The summed E-state index contributed by atoms with van der Waals surface area (Å²) in [5, 5.41) is 3.76. The molecular weight excluding hydrogens is 258 g/mol. The molecule has 2 atom stereocenters. The van der Waals surface area contributed by atoms with Crippen LogP contribution in [0.15, 0.2) is 11.6 Å². The SMILES string of the molecule is CCNC(C1=CCCCCCC1)C(OC)C1CCCCC1. The Labute approximate surface area is 131 Å². The topological polar surface area (TPSA) is 21.3 Å². The second kappa shape index (κ2) is 9.63.